The molecule has 1 aromatic carbocycles. The molecule has 0 amide bonds. The van der Waals surface area contributed by atoms with Crippen molar-refractivity contribution in [3.05, 3.63) is 29.8 Å². The van der Waals surface area contributed by atoms with Crippen LogP contribution in [0.5, 0.6) is 0 Å². The summed E-state index contributed by atoms with van der Waals surface area (Å²) in [5, 5.41) is 0. The first kappa shape index (κ1) is 6.92. The van der Waals surface area contributed by atoms with Gasteiger partial charge in [0.05, 0.1) is 0 Å². The number of rotatable bonds is 1. The van der Waals surface area contributed by atoms with E-state index in [1.54, 1.807) is 0 Å². The number of benzene rings is 1. The zero-order valence-electron chi connectivity index (χ0n) is 6.80. The molecule has 0 unspecified atom stereocenters. The fourth-order valence-electron chi connectivity index (χ4n) is 1.54. The third-order valence-electron chi connectivity index (χ3n) is 2.47. The predicted molar refractivity (Wildman–Crippen MR) is 49.7 cm³/mol. The van der Waals surface area contributed by atoms with Gasteiger partial charge in [0.1, 0.15) is 7.85 Å². The molecule has 1 nitrogen and oxygen atoms in total. The molecular formula is C9H12BN. The Bertz CT molecular complexity index is 279. The van der Waals surface area contributed by atoms with Gasteiger partial charge in [0.15, 0.2) is 0 Å². The fraction of sp³-hybridized carbons (Fsp3) is 0.333. The van der Waals surface area contributed by atoms with Gasteiger partial charge in [-0.1, -0.05) is 29.7 Å². The number of hydrogen-bond donors (Lipinski definition) is 1. The minimum Gasteiger partial charge on any atom is -0.321 e. The zero-order chi connectivity index (χ0) is 7.90. The van der Waals surface area contributed by atoms with Gasteiger partial charge in [0.2, 0.25) is 0 Å². The third-order valence-corrected chi connectivity index (χ3v) is 2.47. The van der Waals surface area contributed by atoms with Crippen LogP contribution in [0.2, 0.25) is 0 Å². The van der Waals surface area contributed by atoms with E-state index in [0.29, 0.717) is 0 Å². The summed E-state index contributed by atoms with van der Waals surface area (Å²) >= 11 is 0. The average Bonchev–Trinajstić information content (AvgIpc) is 2.70. The molecule has 1 aromatic rings. The predicted octanol–water partition coefficient (Wildman–Crippen LogP) is -0.107. The standard InChI is InChI=1S/C9H12BN/c10-8-4-2-1-3-7(8)9(11)5-6-9/h1-4H,5-6,10-11H2. The maximum Gasteiger partial charge on any atom is 0.139 e. The van der Waals surface area contributed by atoms with Crippen molar-refractivity contribution in [2.45, 2.75) is 18.4 Å². The third kappa shape index (κ3) is 1.08. The summed E-state index contributed by atoms with van der Waals surface area (Å²) in [7, 11) is 2.13. The second-order valence-electron chi connectivity index (χ2n) is 3.47. The van der Waals surface area contributed by atoms with E-state index in [0.717, 1.165) is 12.8 Å². The highest BCUT2D eigenvalue weighted by Gasteiger charge is 2.40. The first-order valence-corrected chi connectivity index (χ1v) is 4.07. The Kier molecular flexibility index (Phi) is 1.33. The summed E-state index contributed by atoms with van der Waals surface area (Å²) < 4.78 is 0. The van der Waals surface area contributed by atoms with Crippen molar-refractivity contribution in [3.8, 4) is 0 Å². The van der Waals surface area contributed by atoms with Crippen LogP contribution in [0.1, 0.15) is 18.4 Å². The van der Waals surface area contributed by atoms with E-state index in [4.69, 9.17) is 5.73 Å². The number of hydrogen-bond acceptors (Lipinski definition) is 1. The topological polar surface area (TPSA) is 26.0 Å². The van der Waals surface area contributed by atoms with Gasteiger partial charge in [-0.3, -0.25) is 0 Å². The molecule has 2 rings (SSSR count). The van der Waals surface area contributed by atoms with Gasteiger partial charge in [-0.15, -0.1) is 0 Å². The lowest BCUT2D eigenvalue weighted by molar-refractivity contribution is 0.745. The summed E-state index contributed by atoms with van der Waals surface area (Å²) in [5.74, 6) is 0. The molecule has 1 saturated carbocycles. The minimum atomic E-state index is 0.0331. The first-order valence-electron chi connectivity index (χ1n) is 4.07. The maximum atomic E-state index is 6.07. The lowest BCUT2D eigenvalue weighted by Gasteiger charge is -2.11. The van der Waals surface area contributed by atoms with E-state index in [2.05, 4.69) is 32.1 Å². The van der Waals surface area contributed by atoms with Crippen LogP contribution in [0.4, 0.5) is 0 Å². The van der Waals surface area contributed by atoms with Crippen molar-refractivity contribution < 1.29 is 0 Å². The monoisotopic (exact) mass is 145 g/mol. The van der Waals surface area contributed by atoms with Gasteiger partial charge >= 0.3 is 0 Å². The van der Waals surface area contributed by atoms with Gasteiger partial charge < -0.3 is 5.73 Å². The van der Waals surface area contributed by atoms with Crippen LogP contribution in [0.15, 0.2) is 24.3 Å². The normalized spacial score (nSPS) is 19.7. The molecule has 0 atom stereocenters. The Balaban J connectivity index is 2.45. The quantitative estimate of drug-likeness (QED) is 0.548. The Morgan fingerprint density at radius 1 is 1.27 bits per heavy atom. The molecule has 1 fully saturated rings. The van der Waals surface area contributed by atoms with Crippen molar-refractivity contribution in [2.75, 3.05) is 0 Å². The van der Waals surface area contributed by atoms with Gasteiger partial charge in [0, 0.05) is 5.54 Å². The van der Waals surface area contributed by atoms with Crippen LogP contribution in [-0.2, 0) is 5.54 Å². The second-order valence-corrected chi connectivity index (χ2v) is 3.47. The highest BCUT2D eigenvalue weighted by Crippen LogP contribution is 2.41. The van der Waals surface area contributed by atoms with Gasteiger partial charge in [-0.05, 0) is 18.4 Å². The van der Waals surface area contributed by atoms with Crippen molar-refractivity contribution in [3.63, 3.8) is 0 Å². The molecule has 56 valence electrons. The highest BCUT2D eigenvalue weighted by atomic mass is 14.8. The molecule has 0 heterocycles. The molecule has 2 N–H and O–H groups in total. The van der Waals surface area contributed by atoms with Crippen LogP contribution >= 0.6 is 0 Å². The van der Waals surface area contributed by atoms with Gasteiger partial charge in [-0.25, -0.2) is 0 Å². The van der Waals surface area contributed by atoms with E-state index < -0.39 is 0 Å². The minimum absolute atomic E-state index is 0.0331. The average molecular weight is 145 g/mol. The van der Waals surface area contributed by atoms with E-state index in [1.807, 2.05) is 0 Å². The van der Waals surface area contributed by atoms with Crippen LogP contribution < -0.4 is 11.2 Å². The summed E-state index contributed by atoms with van der Waals surface area (Å²) in [6.07, 6.45) is 2.30. The molecule has 1 aliphatic carbocycles. The van der Waals surface area contributed by atoms with Gasteiger partial charge in [-0.2, -0.15) is 0 Å². The lowest BCUT2D eigenvalue weighted by Crippen LogP contribution is -2.26. The first-order chi connectivity index (χ1) is 5.22. The maximum absolute atomic E-state index is 6.07. The largest absolute Gasteiger partial charge is 0.321 e. The molecule has 0 aliphatic heterocycles. The Labute approximate surface area is 68.0 Å². The summed E-state index contributed by atoms with van der Waals surface area (Å²) in [6.45, 7) is 0. The fourth-order valence-corrected chi connectivity index (χ4v) is 1.54. The van der Waals surface area contributed by atoms with E-state index >= 15 is 0 Å². The van der Waals surface area contributed by atoms with E-state index in [1.165, 1.54) is 11.0 Å². The molecule has 0 saturated heterocycles. The van der Waals surface area contributed by atoms with Crippen LogP contribution in [0.3, 0.4) is 0 Å². The summed E-state index contributed by atoms with van der Waals surface area (Å²) in [6, 6.07) is 8.39. The van der Waals surface area contributed by atoms with Crippen molar-refractivity contribution in [1.29, 1.82) is 0 Å². The Morgan fingerprint density at radius 3 is 2.45 bits per heavy atom. The van der Waals surface area contributed by atoms with Gasteiger partial charge in [0.25, 0.3) is 0 Å². The molecule has 11 heavy (non-hydrogen) atoms. The van der Waals surface area contributed by atoms with Crippen LogP contribution in [0, 0.1) is 0 Å². The Hall–Kier alpha value is -0.755. The van der Waals surface area contributed by atoms with Crippen LogP contribution in [0.25, 0.3) is 0 Å². The molecule has 2 heteroatoms. The second kappa shape index (κ2) is 2.11. The lowest BCUT2D eigenvalue weighted by atomic mass is 9.86. The molecule has 1 aliphatic rings. The summed E-state index contributed by atoms with van der Waals surface area (Å²) in [5.41, 5.74) is 8.76. The SMILES string of the molecule is Bc1ccccc1C1(N)CC1. The molecule has 0 radical (unpaired) electrons. The highest BCUT2D eigenvalue weighted by molar-refractivity contribution is 6.33. The Morgan fingerprint density at radius 2 is 1.91 bits per heavy atom. The zero-order valence-corrected chi connectivity index (χ0v) is 6.80. The molecule has 0 aromatic heterocycles. The van der Waals surface area contributed by atoms with E-state index in [-0.39, 0.29) is 5.54 Å². The van der Waals surface area contributed by atoms with Crippen molar-refractivity contribution in [1.82, 2.24) is 0 Å². The molecule has 0 bridgehead atoms. The van der Waals surface area contributed by atoms with Crippen LogP contribution in [-0.4, -0.2) is 7.85 Å². The smallest absolute Gasteiger partial charge is 0.139 e. The van der Waals surface area contributed by atoms with Crippen molar-refractivity contribution >= 4 is 13.3 Å². The summed E-state index contributed by atoms with van der Waals surface area (Å²) in [4.78, 5) is 0. The number of nitrogens with two attached hydrogens (primary N) is 1. The van der Waals surface area contributed by atoms with Crippen molar-refractivity contribution in [2.24, 2.45) is 5.73 Å². The van der Waals surface area contributed by atoms with E-state index in [9.17, 15) is 0 Å². The molecular weight excluding hydrogens is 133 g/mol. The molecule has 0 spiro atoms.